The van der Waals surface area contributed by atoms with Crippen LogP contribution in [0.15, 0.2) is 37.2 Å². The zero-order chi connectivity index (χ0) is 12.3. The minimum atomic E-state index is 0.00297. The lowest BCUT2D eigenvalue weighted by atomic mass is 9.97. The monoisotopic (exact) mass is 228 g/mol. The summed E-state index contributed by atoms with van der Waals surface area (Å²) in [5.41, 5.74) is 3.71. The molecule has 0 saturated heterocycles. The Morgan fingerprint density at radius 3 is 3.00 bits per heavy atom. The average molecular weight is 228 g/mol. The number of rotatable bonds is 2. The van der Waals surface area contributed by atoms with Gasteiger partial charge < -0.3 is 4.90 Å². The van der Waals surface area contributed by atoms with Crippen molar-refractivity contribution in [2.75, 3.05) is 13.1 Å². The number of carbonyl (C=O) groups is 1. The standard InChI is InChI=1S/C14H16N2O/c1-3-14(17)16-8-5-12(6-9-16)13-10-15-7-4-11(13)2/h3-5,7,10H,1,6,8-9H2,2H3. The highest BCUT2D eigenvalue weighted by Gasteiger charge is 2.16. The van der Waals surface area contributed by atoms with Crippen LogP contribution >= 0.6 is 0 Å². The third-order valence-electron chi connectivity index (χ3n) is 3.08. The van der Waals surface area contributed by atoms with Crippen molar-refractivity contribution in [2.24, 2.45) is 0 Å². The first-order valence-corrected chi connectivity index (χ1v) is 5.73. The molecule has 3 nitrogen and oxygen atoms in total. The summed E-state index contributed by atoms with van der Waals surface area (Å²) >= 11 is 0. The van der Waals surface area contributed by atoms with Crippen molar-refractivity contribution < 1.29 is 4.79 Å². The van der Waals surface area contributed by atoms with E-state index in [1.165, 1.54) is 22.8 Å². The van der Waals surface area contributed by atoms with Crippen LogP contribution in [0, 0.1) is 6.92 Å². The van der Waals surface area contributed by atoms with Gasteiger partial charge in [-0.1, -0.05) is 12.7 Å². The summed E-state index contributed by atoms with van der Waals surface area (Å²) in [6.07, 6.45) is 8.05. The normalized spacial score (nSPS) is 15.4. The van der Waals surface area contributed by atoms with Crippen molar-refractivity contribution >= 4 is 11.5 Å². The number of hydrogen-bond donors (Lipinski definition) is 0. The van der Waals surface area contributed by atoms with Crippen molar-refractivity contribution in [3.05, 3.63) is 48.3 Å². The van der Waals surface area contributed by atoms with Gasteiger partial charge >= 0.3 is 0 Å². The molecule has 2 heterocycles. The van der Waals surface area contributed by atoms with Crippen LogP contribution in [-0.4, -0.2) is 28.9 Å². The molecular weight excluding hydrogens is 212 g/mol. The van der Waals surface area contributed by atoms with Gasteiger partial charge in [-0.15, -0.1) is 0 Å². The molecule has 0 aromatic carbocycles. The second kappa shape index (κ2) is 4.95. The molecule has 0 aliphatic carbocycles. The van der Waals surface area contributed by atoms with Gasteiger partial charge in [-0.2, -0.15) is 0 Å². The third-order valence-corrected chi connectivity index (χ3v) is 3.08. The van der Waals surface area contributed by atoms with Gasteiger partial charge in [-0.05, 0) is 42.2 Å². The van der Waals surface area contributed by atoms with Gasteiger partial charge in [0.1, 0.15) is 0 Å². The average Bonchev–Trinajstić information content (AvgIpc) is 2.39. The highest BCUT2D eigenvalue weighted by Crippen LogP contribution is 2.24. The Bertz CT molecular complexity index is 477. The molecule has 0 atom stereocenters. The van der Waals surface area contributed by atoms with Gasteiger partial charge in [0.05, 0.1) is 0 Å². The van der Waals surface area contributed by atoms with Crippen molar-refractivity contribution in [3.63, 3.8) is 0 Å². The fourth-order valence-electron chi connectivity index (χ4n) is 2.04. The molecular formula is C14H16N2O. The predicted molar refractivity (Wildman–Crippen MR) is 68.3 cm³/mol. The molecule has 1 aliphatic rings. The molecule has 1 aromatic heterocycles. The minimum absolute atomic E-state index is 0.00297. The molecule has 17 heavy (non-hydrogen) atoms. The van der Waals surface area contributed by atoms with Crippen LogP contribution in [0.4, 0.5) is 0 Å². The molecule has 0 N–H and O–H groups in total. The largest absolute Gasteiger partial charge is 0.335 e. The van der Waals surface area contributed by atoms with E-state index in [2.05, 4.69) is 24.6 Å². The summed E-state index contributed by atoms with van der Waals surface area (Å²) in [5.74, 6) is 0.00297. The highest BCUT2D eigenvalue weighted by molar-refractivity contribution is 5.87. The topological polar surface area (TPSA) is 33.2 Å². The fraction of sp³-hybridized carbons (Fsp3) is 0.286. The summed E-state index contributed by atoms with van der Waals surface area (Å²) < 4.78 is 0. The first kappa shape index (κ1) is 11.6. The lowest BCUT2D eigenvalue weighted by Gasteiger charge is -2.25. The molecule has 0 bridgehead atoms. The summed E-state index contributed by atoms with van der Waals surface area (Å²) in [5, 5.41) is 0. The van der Waals surface area contributed by atoms with Gasteiger partial charge in [0.15, 0.2) is 0 Å². The molecule has 88 valence electrons. The third kappa shape index (κ3) is 2.44. The molecule has 1 amide bonds. The maximum absolute atomic E-state index is 11.4. The van der Waals surface area contributed by atoms with Crippen LogP contribution in [0.5, 0.6) is 0 Å². The van der Waals surface area contributed by atoms with Gasteiger partial charge in [-0.25, -0.2) is 0 Å². The lowest BCUT2D eigenvalue weighted by molar-refractivity contribution is -0.125. The van der Waals surface area contributed by atoms with Gasteiger partial charge in [0.2, 0.25) is 5.91 Å². The molecule has 0 radical (unpaired) electrons. The molecule has 1 aliphatic heterocycles. The SMILES string of the molecule is C=CC(=O)N1CC=C(c2cnccc2C)CC1. The van der Waals surface area contributed by atoms with E-state index in [9.17, 15) is 4.79 Å². The van der Waals surface area contributed by atoms with E-state index in [1.807, 2.05) is 12.3 Å². The van der Waals surface area contributed by atoms with Crippen molar-refractivity contribution in [1.29, 1.82) is 0 Å². The van der Waals surface area contributed by atoms with Crippen molar-refractivity contribution in [1.82, 2.24) is 9.88 Å². The molecule has 0 unspecified atom stereocenters. The van der Waals surface area contributed by atoms with E-state index >= 15 is 0 Å². The van der Waals surface area contributed by atoms with Crippen LogP contribution in [0.25, 0.3) is 5.57 Å². The number of nitrogens with zero attached hydrogens (tertiary/aromatic N) is 2. The van der Waals surface area contributed by atoms with Crippen LogP contribution in [0.1, 0.15) is 17.5 Å². The van der Waals surface area contributed by atoms with E-state index in [0.717, 1.165) is 13.0 Å². The number of hydrogen-bond acceptors (Lipinski definition) is 2. The molecule has 0 saturated carbocycles. The van der Waals surface area contributed by atoms with Crippen LogP contribution < -0.4 is 0 Å². The second-order valence-electron chi connectivity index (χ2n) is 4.16. The van der Waals surface area contributed by atoms with Crippen LogP contribution in [0.2, 0.25) is 0 Å². The van der Waals surface area contributed by atoms with E-state index < -0.39 is 0 Å². The second-order valence-corrected chi connectivity index (χ2v) is 4.16. The van der Waals surface area contributed by atoms with E-state index in [-0.39, 0.29) is 5.91 Å². The number of aryl methyl sites for hydroxylation is 1. The van der Waals surface area contributed by atoms with Crippen molar-refractivity contribution in [2.45, 2.75) is 13.3 Å². The zero-order valence-electron chi connectivity index (χ0n) is 10.0. The quantitative estimate of drug-likeness (QED) is 0.727. The van der Waals surface area contributed by atoms with E-state index in [1.54, 1.807) is 11.1 Å². The number of amides is 1. The summed E-state index contributed by atoms with van der Waals surface area (Å²) in [7, 11) is 0. The Morgan fingerprint density at radius 2 is 2.41 bits per heavy atom. The highest BCUT2D eigenvalue weighted by atomic mass is 16.2. The Morgan fingerprint density at radius 1 is 1.59 bits per heavy atom. The predicted octanol–water partition coefficient (Wildman–Crippen LogP) is 2.19. The smallest absolute Gasteiger partial charge is 0.246 e. The summed E-state index contributed by atoms with van der Waals surface area (Å²) in [6.45, 7) is 7.00. The van der Waals surface area contributed by atoms with E-state index in [4.69, 9.17) is 0 Å². The fourth-order valence-corrected chi connectivity index (χ4v) is 2.04. The van der Waals surface area contributed by atoms with Gasteiger partial charge in [0.25, 0.3) is 0 Å². The van der Waals surface area contributed by atoms with Gasteiger partial charge in [-0.3, -0.25) is 9.78 Å². The molecule has 3 heteroatoms. The first-order chi connectivity index (χ1) is 8.22. The Kier molecular flexibility index (Phi) is 3.38. The lowest BCUT2D eigenvalue weighted by Crippen LogP contribution is -2.33. The molecule has 1 aromatic rings. The Hall–Kier alpha value is -1.90. The maximum atomic E-state index is 11.4. The maximum Gasteiger partial charge on any atom is 0.246 e. The number of pyridine rings is 1. The number of aromatic nitrogens is 1. The summed E-state index contributed by atoms with van der Waals surface area (Å²) in [4.78, 5) is 17.4. The summed E-state index contributed by atoms with van der Waals surface area (Å²) in [6, 6.07) is 2.01. The molecule has 0 spiro atoms. The van der Waals surface area contributed by atoms with Gasteiger partial charge in [0, 0.05) is 25.5 Å². The Labute approximate surface area is 101 Å². The first-order valence-electron chi connectivity index (χ1n) is 5.73. The Balaban J connectivity index is 2.17. The number of carbonyl (C=O) groups excluding carboxylic acids is 1. The molecule has 2 rings (SSSR count). The zero-order valence-corrected chi connectivity index (χ0v) is 10.0. The van der Waals surface area contributed by atoms with Crippen LogP contribution in [0.3, 0.4) is 0 Å². The molecule has 0 fully saturated rings. The minimum Gasteiger partial charge on any atom is -0.335 e. The van der Waals surface area contributed by atoms with Crippen molar-refractivity contribution in [3.8, 4) is 0 Å². The van der Waals surface area contributed by atoms with Crippen LogP contribution in [-0.2, 0) is 4.79 Å². The van der Waals surface area contributed by atoms with E-state index in [0.29, 0.717) is 6.54 Å².